The molecule has 2 aromatic heterocycles. The fourth-order valence-electron chi connectivity index (χ4n) is 3.42. The Morgan fingerprint density at radius 2 is 1.96 bits per heavy atom. The van der Waals surface area contributed by atoms with E-state index < -0.39 is 0 Å². The van der Waals surface area contributed by atoms with Crippen LogP contribution < -0.4 is 5.32 Å². The van der Waals surface area contributed by atoms with Crippen LogP contribution in [0.2, 0.25) is 0 Å². The average molecular weight is 366 g/mol. The SMILES string of the molecule is c1ccc(CCN2CCC(c3cncc(Nc4nccs4)n3)CC2)cc1. The lowest BCUT2D eigenvalue weighted by molar-refractivity contribution is 0.213. The molecule has 3 heterocycles. The molecule has 134 valence electrons. The first-order valence-electron chi connectivity index (χ1n) is 9.11. The van der Waals surface area contributed by atoms with Crippen molar-refractivity contribution in [1.82, 2.24) is 19.9 Å². The second-order valence-corrected chi connectivity index (χ2v) is 7.54. The van der Waals surface area contributed by atoms with Gasteiger partial charge in [-0.25, -0.2) is 9.97 Å². The molecule has 6 heteroatoms. The van der Waals surface area contributed by atoms with E-state index in [1.807, 2.05) is 11.6 Å². The quantitative estimate of drug-likeness (QED) is 0.713. The number of benzene rings is 1. The van der Waals surface area contributed by atoms with Gasteiger partial charge in [0.25, 0.3) is 0 Å². The van der Waals surface area contributed by atoms with Gasteiger partial charge in [-0.3, -0.25) is 4.98 Å². The second kappa shape index (κ2) is 8.38. The Balaban J connectivity index is 1.30. The fraction of sp³-hybridized carbons (Fsp3) is 0.350. The number of hydrogen-bond donors (Lipinski definition) is 1. The van der Waals surface area contributed by atoms with Crippen molar-refractivity contribution in [1.29, 1.82) is 0 Å². The van der Waals surface area contributed by atoms with E-state index in [4.69, 9.17) is 4.98 Å². The number of piperidine rings is 1. The van der Waals surface area contributed by atoms with Crippen LogP contribution in [-0.4, -0.2) is 39.5 Å². The van der Waals surface area contributed by atoms with Crippen molar-refractivity contribution in [3.8, 4) is 0 Å². The van der Waals surface area contributed by atoms with E-state index in [-0.39, 0.29) is 0 Å². The second-order valence-electron chi connectivity index (χ2n) is 6.64. The zero-order valence-corrected chi connectivity index (χ0v) is 15.5. The van der Waals surface area contributed by atoms with Crippen LogP contribution in [-0.2, 0) is 6.42 Å². The van der Waals surface area contributed by atoms with Gasteiger partial charge in [-0.2, -0.15) is 0 Å². The highest BCUT2D eigenvalue weighted by Gasteiger charge is 2.22. The number of rotatable bonds is 6. The molecule has 0 saturated carbocycles. The van der Waals surface area contributed by atoms with Crippen molar-refractivity contribution >= 4 is 22.3 Å². The maximum atomic E-state index is 4.76. The van der Waals surface area contributed by atoms with Gasteiger partial charge in [0.05, 0.1) is 11.9 Å². The molecule has 1 N–H and O–H groups in total. The summed E-state index contributed by atoms with van der Waals surface area (Å²) < 4.78 is 0. The van der Waals surface area contributed by atoms with Crippen molar-refractivity contribution in [2.75, 3.05) is 25.0 Å². The Bertz CT molecular complexity index is 798. The normalized spacial score (nSPS) is 15.8. The summed E-state index contributed by atoms with van der Waals surface area (Å²) in [6.45, 7) is 3.39. The minimum Gasteiger partial charge on any atom is -0.315 e. The molecule has 1 fully saturated rings. The Morgan fingerprint density at radius 3 is 2.73 bits per heavy atom. The maximum Gasteiger partial charge on any atom is 0.188 e. The molecule has 5 nitrogen and oxygen atoms in total. The first kappa shape index (κ1) is 17.1. The predicted octanol–water partition coefficient (Wildman–Crippen LogP) is 4.10. The molecule has 3 aromatic rings. The fourth-order valence-corrected chi connectivity index (χ4v) is 3.95. The van der Waals surface area contributed by atoms with Gasteiger partial charge in [0.1, 0.15) is 0 Å². The van der Waals surface area contributed by atoms with E-state index >= 15 is 0 Å². The smallest absolute Gasteiger partial charge is 0.188 e. The highest BCUT2D eigenvalue weighted by molar-refractivity contribution is 7.13. The Labute approximate surface area is 158 Å². The molecule has 4 rings (SSSR count). The van der Waals surface area contributed by atoms with Crippen LogP contribution in [0.1, 0.15) is 30.0 Å². The minimum absolute atomic E-state index is 0.494. The standard InChI is InChI=1S/C20H23N5S/c1-2-4-16(5-3-1)6-10-25-11-7-17(8-12-25)18-14-21-15-19(23-18)24-20-22-9-13-26-20/h1-5,9,13-15,17H,6-8,10-12H2,(H,22,23,24). The predicted molar refractivity (Wildman–Crippen MR) is 106 cm³/mol. The van der Waals surface area contributed by atoms with E-state index in [9.17, 15) is 0 Å². The van der Waals surface area contributed by atoms with Gasteiger partial charge in [0.2, 0.25) is 0 Å². The third-order valence-electron chi connectivity index (χ3n) is 4.89. The number of nitrogens with one attached hydrogen (secondary N) is 1. The molecule has 1 aliphatic rings. The number of aromatic nitrogens is 3. The van der Waals surface area contributed by atoms with Gasteiger partial charge in [0.15, 0.2) is 10.9 Å². The van der Waals surface area contributed by atoms with Crippen LogP contribution in [0.25, 0.3) is 0 Å². The third-order valence-corrected chi connectivity index (χ3v) is 5.57. The monoisotopic (exact) mass is 365 g/mol. The van der Waals surface area contributed by atoms with Gasteiger partial charge < -0.3 is 10.2 Å². The van der Waals surface area contributed by atoms with Gasteiger partial charge in [-0.15, -0.1) is 11.3 Å². The average Bonchev–Trinajstić information content (AvgIpc) is 3.21. The Morgan fingerprint density at radius 1 is 1.12 bits per heavy atom. The molecule has 1 aliphatic heterocycles. The Hall–Kier alpha value is -2.31. The van der Waals surface area contributed by atoms with Crippen molar-refractivity contribution in [2.45, 2.75) is 25.2 Å². The molecule has 0 amide bonds. The van der Waals surface area contributed by atoms with Crippen LogP contribution in [0.15, 0.2) is 54.3 Å². The van der Waals surface area contributed by atoms with E-state index in [1.54, 1.807) is 23.7 Å². The molecule has 0 atom stereocenters. The highest BCUT2D eigenvalue weighted by atomic mass is 32.1. The van der Waals surface area contributed by atoms with Crippen molar-refractivity contribution in [2.24, 2.45) is 0 Å². The van der Waals surface area contributed by atoms with Gasteiger partial charge in [-0.05, 0) is 37.9 Å². The van der Waals surface area contributed by atoms with Crippen LogP contribution >= 0.6 is 11.3 Å². The van der Waals surface area contributed by atoms with Crippen LogP contribution in [0.5, 0.6) is 0 Å². The number of thiazole rings is 1. The zero-order chi connectivity index (χ0) is 17.6. The number of hydrogen-bond acceptors (Lipinski definition) is 6. The molecule has 1 saturated heterocycles. The van der Waals surface area contributed by atoms with Crippen molar-refractivity contribution in [3.05, 3.63) is 65.6 Å². The summed E-state index contributed by atoms with van der Waals surface area (Å²) in [4.78, 5) is 15.9. The molecule has 0 bridgehead atoms. The minimum atomic E-state index is 0.494. The first-order valence-corrected chi connectivity index (χ1v) is 9.99. The molecule has 0 aliphatic carbocycles. The summed E-state index contributed by atoms with van der Waals surface area (Å²) >= 11 is 1.57. The summed E-state index contributed by atoms with van der Waals surface area (Å²) in [6, 6.07) is 10.7. The third kappa shape index (κ3) is 4.45. The lowest BCUT2D eigenvalue weighted by Gasteiger charge is -2.31. The Kier molecular flexibility index (Phi) is 5.52. The summed E-state index contributed by atoms with van der Waals surface area (Å²) in [5.74, 6) is 1.28. The largest absolute Gasteiger partial charge is 0.315 e. The van der Waals surface area contributed by atoms with Gasteiger partial charge in [0, 0.05) is 30.2 Å². The molecule has 26 heavy (non-hydrogen) atoms. The summed E-state index contributed by atoms with van der Waals surface area (Å²) in [6.07, 6.45) is 8.87. The van der Waals surface area contributed by atoms with Crippen molar-refractivity contribution in [3.63, 3.8) is 0 Å². The van der Waals surface area contributed by atoms with Crippen LogP contribution in [0, 0.1) is 0 Å². The van der Waals surface area contributed by atoms with E-state index in [1.165, 1.54) is 5.56 Å². The van der Waals surface area contributed by atoms with Crippen LogP contribution in [0.4, 0.5) is 10.9 Å². The molecular formula is C20H23N5S. The summed E-state index contributed by atoms with van der Waals surface area (Å²) in [7, 11) is 0. The van der Waals surface area contributed by atoms with Gasteiger partial charge in [-0.1, -0.05) is 30.3 Å². The maximum absolute atomic E-state index is 4.76. The summed E-state index contributed by atoms with van der Waals surface area (Å²) in [5, 5.41) is 6.04. The van der Waals surface area contributed by atoms with Gasteiger partial charge >= 0.3 is 0 Å². The number of anilines is 2. The lowest BCUT2D eigenvalue weighted by Crippen LogP contribution is -2.34. The van der Waals surface area contributed by atoms with E-state index in [0.717, 1.165) is 55.5 Å². The first-order chi connectivity index (χ1) is 12.9. The number of likely N-dealkylation sites (tertiary alicyclic amines) is 1. The highest BCUT2D eigenvalue weighted by Crippen LogP contribution is 2.27. The molecule has 0 unspecified atom stereocenters. The zero-order valence-electron chi connectivity index (χ0n) is 14.7. The molecule has 0 radical (unpaired) electrons. The lowest BCUT2D eigenvalue weighted by atomic mass is 9.93. The molecule has 1 aromatic carbocycles. The van der Waals surface area contributed by atoms with Crippen molar-refractivity contribution < 1.29 is 0 Å². The molecule has 0 spiro atoms. The summed E-state index contributed by atoms with van der Waals surface area (Å²) in [5.41, 5.74) is 2.51. The van der Waals surface area contributed by atoms with Crippen LogP contribution in [0.3, 0.4) is 0 Å². The number of nitrogens with zero attached hydrogens (tertiary/aromatic N) is 4. The van der Waals surface area contributed by atoms with E-state index in [2.05, 4.69) is 50.5 Å². The topological polar surface area (TPSA) is 53.9 Å². The van der Waals surface area contributed by atoms with E-state index in [0.29, 0.717) is 5.92 Å². The molecular weight excluding hydrogens is 342 g/mol.